The van der Waals surface area contributed by atoms with E-state index in [-0.39, 0.29) is 5.56 Å². The van der Waals surface area contributed by atoms with Gasteiger partial charge in [0.2, 0.25) is 0 Å². The molecule has 0 atom stereocenters. The molecule has 0 aliphatic rings. The molecule has 0 aliphatic carbocycles. The van der Waals surface area contributed by atoms with Gasteiger partial charge in [-0.25, -0.2) is 0 Å². The van der Waals surface area contributed by atoms with Gasteiger partial charge in [0.1, 0.15) is 12.4 Å². The first kappa shape index (κ1) is 12.2. The Hall–Kier alpha value is -2.29. The zero-order valence-corrected chi connectivity index (χ0v) is 10.1. The molecule has 0 bridgehead atoms. The fraction of sp³-hybridized carbons (Fsp3) is 0.133. The minimum atomic E-state index is -0.0258. The largest absolute Gasteiger partial charge is 0.490 e. The molecule has 0 fully saturated rings. The van der Waals surface area contributed by atoms with Crippen molar-refractivity contribution < 1.29 is 4.74 Å². The van der Waals surface area contributed by atoms with E-state index in [2.05, 4.69) is 13.2 Å². The Bertz CT molecular complexity index is 640. The monoisotopic (exact) mass is 241 g/mol. The minimum absolute atomic E-state index is 0.0258. The summed E-state index contributed by atoms with van der Waals surface area (Å²) in [4.78, 5) is 11.8. The van der Waals surface area contributed by atoms with E-state index in [0.717, 1.165) is 16.7 Å². The van der Waals surface area contributed by atoms with E-state index in [1.807, 2.05) is 18.2 Å². The van der Waals surface area contributed by atoms with Crippen molar-refractivity contribution in [2.75, 3.05) is 6.61 Å². The Morgan fingerprint density at radius 3 is 2.72 bits per heavy atom. The molecule has 3 nitrogen and oxygen atoms in total. The maximum atomic E-state index is 11.8. The summed E-state index contributed by atoms with van der Waals surface area (Å²) in [6, 6.07) is 9.02. The topological polar surface area (TPSA) is 31.2 Å². The van der Waals surface area contributed by atoms with Crippen LogP contribution in [-0.2, 0) is 6.54 Å². The predicted octanol–water partition coefficient (Wildman–Crippen LogP) is 2.75. The summed E-state index contributed by atoms with van der Waals surface area (Å²) in [5, 5.41) is 0.970. The molecule has 0 saturated carbocycles. The van der Waals surface area contributed by atoms with Gasteiger partial charge >= 0.3 is 0 Å². The Labute approximate surface area is 106 Å². The number of hydrogen-bond acceptors (Lipinski definition) is 2. The molecule has 1 aromatic carbocycles. The van der Waals surface area contributed by atoms with Crippen LogP contribution in [0.2, 0.25) is 0 Å². The predicted molar refractivity (Wildman–Crippen MR) is 74.1 cm³/mol. The molecule has 2 rings (SSSR count). The number of hydrogen-bond donors (Lipinski definition) is 0. The third-order valence-corrected chi connectivity index (χ3v) is 2.64. The summed E-state index contributed by atoms with van der Waals surface area (Å²) in [7, 11) is 0. The van der Waals surface area contributed by atoms with Crippen molar-refractivity contribution in [1.29, 1.82) is 0 Å². The van der Waals surface area contributed by atoms with Gasteiger partial charge in [0, 0.05) is 18.0 Å². The van der Waals surface area contributed by atoms with E-state index >= 15 is 0 Å². The molecule has 0 spiro atoms. The number of fused-ring (bicyclic) bond motifs is 1. The zero-order valence-electron chi connectivity index (χ0n) is 10.1. The van der Waals surface area contributed by atoms with Crippen molar-refractivity contribution in [3.8, 4) is 5.75 Å². The number of nitrogens with zero attached hydrogens (tertiary/aromatic N) is 1. The van der Waals surface area contributed by atoms with Crippen LogP contribution >= 0.6 is 0 Å². The van der Waals surface area contributed by atoms with E-state index in [1.54, 1.807) is 28.9 Å². The maximum Gasteiger partial charge on any atom is 0.251 e. The fourth-order valence-corrected chi connectivity index (χ4v) is 1.84. The first-order valence-corrected chi connectivity index (χ1v) is 5.74. The molecule has 0 N–H and O–H groups in total. The van der Waals surface area contributed by atoms with Crippen LogP contribution in [0.5, 0.6) is 5.75 Å². The minimum Gasteiger partial charge on any atom is -0.490 e. The third kappa shape index (κ3) is 2.35. The summed E-state index contributed by atoms with van der Waals surface area (Å²) in [5.41, 5.74) is 0.857. The lowest BCUT2D eigenvalue weighted by atomic mass is 10.2. The smallest absolute Gasteiger partial charge is 0.251 e. The summed E-state index contributed by atoms with van der Waals surface area (Å²) in [5.74, 6) is 0.770. The lowest BCUT2D eigenvalue weighted by Gasteiger charge is -2.09. The van der Waals surface area contributed by atoms with Crippen LogP contribution in [0.25, 0.3) is 10.9 Å². The van der Waals surface area contributed by atoms with Crippen molar-refractivity contribution in [2.24, 2.45) is 0 Å². The average Bonchev–Trinajstić information content (AvgIpc) is 2.39. The van der Waals surface area contributed by atoms with Gasteiger partial charge in [-0.1, -0.05) is 18.7 Å². The van der Waals surface area contributed by atoms with Crippen LogP contribution in [0, 0.1) is 0 Å². The molecule has 2 aromatic rings. The van der Waals surface area contributed by atoms with E-state index < -0.39 is 0 Å². The average molecular weight is 241 g/mol. The number of allylic oxidation sites excluding steroid dienone is 1. The van der Waals surface area contributed by atoms with Crippen LogP contribution in [-0.4, -0.2) is 11.2 Å². The Morgan fingerprint density at radius 2 is 2.00 bits per heavy atom. The summed E-state index contributed by atoms with van der Waals surface area (Å²) >= 11 is 0. The van der Waals surface area contributed by atoms with Gasteiger partial charge in [-0.2, -0.15) is 0 Å². The normalized spacial score (nSPS) is 10.2. The molecule has 0 saturated heterocycles. The molecular weight excluding hydrogens is 226 g/mol. The van der Waals surface area contributed by atoms with Crippen molar-refractivity contribution in [3.05, 3.63) is 66.0 Å². The van der Waals surface area contributed by atoms with Crippen molar-refractivity contribution in [3.63, 3.8) is 0 Å². The maximum absolute atomic E-state index is 11.8. The number of benzene rings is 1. The molecule has 92 valence electrons. The molecule has 0 amide bonds. The number of ether oxygens (including phenoxy) is 1. The second-order valence-corrected chi connectivity index (χ2v) is 3.89. The first-order chi connectivity index (χ1) is 8.76. The van der Waals surface area contributed by atoms with Gasteiger partial charge < -0.3 is 9.30 Å². The van der Waals surface area contributed by atoms with E-state index in [4.69, 9.17) is 4.74 Å². The lowest BCUT2D eigenvalue weighted by Crippen LogP contribution is -2.18. The second kappa shape index (κ2) is 5.36. The molecule has 1 heterocycles. The van der Waals surface area contributed by atoms with Crippen molar-refractivity contribution in [2.45, 2.75) is 6.54 Å². The van der Waals surface area contributed by atoms with E-state index in [1.165, 1.54) is 0 Å². The zero-order chi connectivity index (χ0) is 13.0. The lowest BCUT2D eigenvalue weighted by molar-refractivity contribution is 0.364. The highest BCUT2D eigenvalue weighted by Gasteiger charge is 2.03. The quantitative estimate of drug-likeness (QED) is 0.754. The highest BCUT2D eigenvalue weighted by Crippen LogP contribution is 2.19. The van der Waals surface area contributed by atoms with Gasteiger partial charge in [-0.15, -0.1) is 6.58 Å². The fourth-order valence-electron chi connectivity index (χ4n) is 1.84. The van der Waals surface area contributed by atoms with Crippen LogP contribution in [0.4, 0.5) is 0 Å². The third-order valence-electron chi connectivity index (χ3n) is 2.64. The second-order valence-electron chi connectivity index (χ2n) is 3.89. The molecular formula is C15H15NO2. The van der Waals surface area contributed by atoms with Crippen LogP contribution in [0.3, 0.4) is 0 Å². The molecule has 0 unspecified atom stereocenters. The highest BCUT2D eigenvalue weighted by atomic mass is 16.5. The molecule has 0 radical (unpaired) electrons. The molecule has 3 heteroatoms. The SMILES string of the molecule is C=CCOc1ccc2c(ccc(=O)n2CC=C)c1. The molecule has 0 aliphatic heterocycles. The first-order valence-electron chi connectivity index (χ1n) is 5.74. The van der Waals surface area contributed by atoms with E-state index in [0.29, 0.717) is 13.2 Å². The Kier molecular flexibility index (Phi) is 3.63. The van der Waals surface area contributed by atoms with Crippen molar-refractivity contribution in [1.82, 2.24) is 4.57 Å². The summed E-state index contributed by atoms with van der Waals surface area (Å²) in [6.45, 7) is 8.25. The van der Waals surface area contributed by atoms with Gasteiger partial charge in [-0.05, 0) is 24.3 Å². The van der Waals surface area contributed by atoms with Crippen molar-refractivity contribution >= 4 is 10.9 Å². The van der Waals surface area contributed by atoms with E-state index in [9.17, 15) is 4.79 Å². The summed E-state index contributed by atoms with van der Waals surface area (Å²) < 4.78 is 7.15. The number of pyridine rings is 1. The summed E-state index contributed by atoms with van der Waals surface area (Å²) in [6.07, 6.45) is 3.41. The molecule has 18 heavy (non-hydrogen) atoms. The van der Waals surface area contributed by atoms with Crippen LogP contribution in [0.15, 0.2) is 60.4 Å². The van der Waals surface area contributed by atoms with Gasteiger partial charge in [-0.3, -0.25) is 4.79 Å². The Morgan fingerprint density at radius 1 is 1.17 bits per heavy atom. The molecule has 1 aromatic heterocycles. The van der Waals surface area contributed by atoms with Gasteiger partial charge in [0.15, 0.2) is 0 Å². The highest BCUT2D eigenvalue weighted by molar-refractivity contribution is 5.80. The van der Waals surface area contributed by atoms with Gasteiger partial charge in [0.25, 0.3) is 5.56 Å². The van der Waals surface area contributed by atoms with Crippen LogP contribution in [0.1, 0.15) is 0 Å². The van der Waals surface area contributed by atoms with Crippen LogP contribution < -0.4 is 10.3 Å². The number of rotatable bonds is 5. The Balaban J connectivity index is 2.52. The number of aromatic nitrogens is 1. The standard InChI is InChI=1S/C15H15NO2/c1-3-9-16-14-7-6-13(18-10-4-2)11-12(14)5-8-15(16)17/h3-8,11H,1-2,9-10H2. The van der Waals surface area contributed by atoms with Gasteiger partial charge in [0.05, 0.1) is 5.52 Å².